The molecule has 0 aromatic heterocycles. The zero-order chi connectivity index (χ0) is 20.3. The van der Waals surface area contributed by atoms with Crippen molar-refractivity contribution < 1.29 is 36.4 Å². The third-order valence-electron chi connectivity index (χ3n) is 3.44. The van der Waals surface area contributed by atoms with Crippen LogP contribution in [0.4, 0.5) is 22.0 Å². The SMILES string of the molecule is CC(C)(C)[S@@+]([O-])N[C@](CF)(c1cccc(F)c1F)C(F)(F)C=CC(=O)O. The smallest absolute Gasteiger partial charge is 0.328 e. The summed E-state index contributed by atoms with van der Waals surface area (Å²) in [6, 6.07) is 2.25. The minimum atomic E-state index is -4.37. The highest BCUT2D eigenvalue weighted by atomic mass is 32.2. The van der Waals surface area contributed by atoms with Crippen molar-refractivity contribution in [1.29, 1.82) is 0 Å². The number of benzene rings is 1. The number of carboxylic acids is 1. The Morgan fingerprint density at radius 3 is 2.35 bits per heavy atom. The van der Waals surface area contributed by atoms with E-state index in [1.165, 1.54) is 20.8 Å². The highest BCUT2D eigenvalue weighted by Crippen LogP contribution is 2.42. The van der Waals surface area contributed by atoms with Crippen molar-refractivity contribution in [2.75, 3.05) is 6.67 Å². The zero-order valence-corrected chi connectivity index (χ0v) is 15.0. The van der Waals surface area contributed by atoms with E-state index in [2.05, 4.69) is 0 Å². The lowest BCUT2D eigenvalue weighted by Gasteiger charge is -2.39. The number of halogens is 5. The Morgan fingerprint density at radius 1 is 1.31 bits per heavy atom. The van der Waals surface area contributed by atoms with E-state index in [-0.39, 0.29) is 12.2 Å². The third-order valence-corrected chi connectivity index (χ3v) is 5.09. The number of carbonyl (C=O) groups is 1. The molecule has 10 heteroatoms. The van der Waals surface area contributed by atoms with Crippen LogP contribution >= 0.6 is 0 Å². The Kier molecular flexibility index (Phi) is 6.83. The van der Waals surface area contributed by atoms with Gasteiger partial charge in [0.05, 0.1) is 0 Å². The molecule has 2 atom stereocenters. The summed E-state index contributed by atoms with van der Waals surface area (Å²) in [6.45, 7) is 2.19. The maximum Gasteiger partial charge on any atom is 0.328 e. The van der Waals surface area contributed by atoms with E-state index in [0.29, 0.717) is 12.1 Å². The Hall–Kier alpha value is -1.65. The van der Waals surface area contributed by atoms with Crippen molar-refractivity contribution in [3.63, 3.8) is 0 Å². The van der Waals surface area contributed by atoms with Gasteiger partial charge in [-0.25, -0.2) is 18.0 Å². The predicted molar refractivity (Wildman–Crippen MR) is 86.8 cm³/mol. The van der Waals surface area contributed by atoms with Gasteiger partial charge in [0.25, 0.3) is 5.92 Å². The average molecular weight is 399 g/mol. The molecule has 0 fully saturated rings. The molecule has 0 amide bonds. The van der Waals surface area contributed by atoms with Gasteiger partial charge >= 0.3 is 5.97 Å². The van der Waals surface area contributed by atoms with Crippen LogP contribution in [0.1, 0.15) is 26.3 Å². The van der Waals surface area contributed by atoms with Gasteiger partial charge in [-0.15, -0.1) is 4.72 Å². The molecule has 26 heavy (non-hydrogen) atoms. The molecule has 0 unspecified atom stereocenters. The molecule has 1 aromatic rings. The van der Waals surface area contributed by atoms with Gasteiger partial charge in [0.2, 0.25) is 0 Å². The van der Waals surface area contributed by atoms with E-state index in [0.717, 1.165) is 6.07 Å². The highest BCUT2D eigenvalue weighted by Gasteiger charge is 2.59. The van der Waals surface area contributed by atoms with E-state index in [9.17, 15) is 31.3 Å². The van der Waals surface area contributed by atoms with Gasteiger partial charge in [0.15, 0.2) is 17.2 Å². The zero-order valence-electron chi connectivity index (χ0n) is 14.2. The first-order valence-corrected chi connectivity index (χ1v) is 8.43. The lowest BCUT2D eigenvalue weighted by atomic mass is 9.84. The Balaban J connectivity index is 3.68. The molecule has 0 aliphatic rings. The lowest BCUT2D eigenvalue weighted by molar-refractivity contribution is -0.131. The van der Waals surface area contributed by atoms with Gasteiger partial charge < -0.3 is 9.66 Å². The summed E-state index contributed by atoms with van der Waals surface area (Å²) in [5.41, 5.74) is -4.40. The standard InChI is InChI=1S/C16H18F5NO3S/c1-14(2,3)26(25)22-15(9-17,16(20,21)8-7-12(23)24)10-5-4-6-11(18)13(10)19/h4-8,22H,9H2,1-3H3,(H,23,24)/t15-,26-/m1/s1. The second-order valence-corrected chi connectivity index (χ2v) is 8.38. The van der Waals surface area contributed by atoms with Crippen molar-refractivity contribution in [2.45, 2.75) is 37.0 Å². The van der Waals surface area contributed by atoms with Crippen molar-refractivity contribution in [3.05, 3.63) is 47.5 Å². The van der Waals surface area contributed by atoms with Crippen LogP contribution < -0.4 is 4.72 Å². The Labute approximate surface area is 150 Å². The molecule has 4 nitrogen and oxygen atoms in total. The van der Waals surface area contributed by atoms with Crippen LogP contribution in [0.5, 0.6) is 0 Å². The van der Waals surface area contributed by atoms with Crippen LogP contribution in [0.2, 0.25) is 0 Å². The molecule has 0 saturated carbocycles. The molecule has 0 radical (unpaired) electrons. The number of alkyl halides is 3. The largest absolute Gasteiger partial charge is 0.598 e. The fraction of sp³-hybridized carbons (Fsp3) is 0.438. The van der Waals surface area contributed by atoms with Crippen LogP contribution in [-0.4, -0.2) is 33.0 Å². The summed E-state index contributed by atoms with van der Waals surface area (Å²) in [4.78, 5) is 10.6. The molecular formula is C16H18F5NO3S. The Morgan fingerprint density at radius 2 is 1.88 bits per heavy atom. The first kappa shape index (κ1) is 22.4. The summed E-state index contributed by atoms with van der Waals surface area (Å²) >= 11 is -2.32. The molecule has 0 saturated heterocycles. The van der Waals surface area contributed by atoms with Gasteiger partial charge in [-0.05, 0) is 32.9 Å². The van der Waals surface area contributed by atoms with E-state index < -0.39 is 57.4 Å². The second-order valence-electron chi connectivity index (χ2n) is 6.42. The molecule has 2 N–H and O–H groups in total. The molecule has 0 spiro atoms. The van der Waals surface area contributed by atoms with Crippen molar-refractivity contribution >= 4 is 17.3 Å². The van der Waals surface area contributed by atoms with Gasteiger partial charge in [0, 0.05) is 23.0 Å². The van der Waals surface area contributed by atoms with E-state index in [1.54, 1.807) is 0 Å². The first-order valence-electron chi connectivity index (χ1n) is 7.28. The monoisotopic (exact) mass is 399 g/mol. The minimum Gasteiger partial charge on any atom is -0.598 e. The van der Waals surface area contributed by atoms with E-state index in [1.807, 2.05) is 4.72 Å². The maximum absolute atomic E-state index is 14.8. The summed E-state index contributed by atoms with van der Waals surface area (Å²) in [6.07, 6.45) is -0.116. The van der Waals surface area contributed by atoms with Gasteiger partial charge in [0.1, 0.15) is 11.4 Å². The highest BCUT2D eigenvalue weighted by molar-refractivity contribution is 7.90. The first-order chi connectivity index (χ1) is 11.8. The number of hydrogen-bond donors (Lipinski definition) is 2. The van der Waals surface area contributed by atoms with E-state index >= 15 is 0 Å². The van der Waals surface area contributed by atoms with Crippen LogP contribution in [0.3, 0.4) is 0 Å². The quantitative estimate of drug-likeness (QED) is 0.419. The molecule has 1 rings (SSSR count). The topological polar surface area (TPSA) is 72.4 Å². The van der Waals surface area contributed by atoms with E-state index in [4.69, 9.17) is 5.11 Å². The van der Waals surface area contributed by atoms with Gasteiger partial charge in [-0.1, -0.05) is 12.1 Å². The van der Waals surface area contributed by atoms with Crippen LogP contribution in [0, 0.1) is 11.6 Å². The Bertz CT molecular complexity index is 693. The van der Waals surface area contributed by atoms with Crippen molar-refractivity contribution in [3.8, 4) is 0 Å². The normalized spacial score (nSPS) is 16.5. The average Bonchev–Trinajstić information content (AvgIpc) is 2.52. The number of rotatable bonds is 7. The van der Waals surface area contributed by atoms with Crippen LogP contribution in [-0.2, 0) is 21.7 Å². The van der Waals surface area contributed by atoms with Crippen LogP contribution in [0.25, 0.3) is 0 Å². The summed E-state index contributed by atoms with van der Waals surface area (Å²) in [5, 5.41) is 8.57. The van der Waals surface area contributed by atoms with Gasteiger partial charge in [-0.3, -0.25) is 0 Å². The molecule has 1 aromatic carbocycles. The maximum atomic E-state index is 14.8. The summed E-state index contributed by atoms with van der Waals surface area (Å²) < 4.78 is 84.3. The summed E-state index contributed by atoms with van der Waals surface area (Å²) in [7, 11) is 0. The second kappa shape index (κ2) is 7.93. The lowest BCUT2D eigenvalue weighted by Crippen LogP contribution is -2.61. The minimum absolute atomic E-state index is 0.0449. The number of aliphatic carboxylic acids is 1. The summed E-state index contributed by atoms with van der Waals surface area (Å²) in [5.74, 6) is -9.39. The number of hydrogen-bond acceptors (Lipinski definition) is 3. The molecular weight excluding hydrogens is 381 g/mol. The third kappa shape index (κ3) is 4.54. The molecule has 0 heterocycles. The van der Waals surface area contributed by atoms with Crippen molar-refractivity contribution in [1.82, 2.24) is 4.72 Å². The molecule has 0 aliphatic carbocycles. The van der Waals surface area contributed by atoms with Crippen LogP contribution in [0.15, 0.2) is 30.4 Å². The van der Waals surface area contributed by atoms with Crippen molar-refractivity contribution in [2.24, 2.45) is 0 Å². The number of carboxylic acid groups (broad SMARTS) is 1. The fourth-order valence-corrected chi connectivity index (χ4v) is 2.88. The van der Waals surface area contributed by atoms with Gasteiger partial charge in [-0.2, -0.15) is 8.78 Å². The molecule has 146 valence electrons. The predicted octanol–water partition coefficient (Wildman–Crippen LogP) is 3.46. The number of nitrogens with one attached hydrogen (secondary N) is 1. The molecule has 0 aliphatic heterocycles. The fourth-order valence-electron chi connectivity index (χ4n) is 1.95. The molecule has 0 bridgehead atoms.